The van der Waals surface area contributed by atoms with E-state index in [0.717, 1.165) is 75.8 Å². The summed E-state index contributed by atoms with van der Waals surface area (Å²) >= 11 is 0. The van der Waals surface area contributed by atoms with Gasteiger partial charge in [-0.2, -0.15) is 13.2 Å². The second-order valence-corrected chi connectivity index (χ2v) is 51.6. The summed E-state index contributed by atoms with van der Waals surface area (Å²) in [6.07, 6.45) is 10.2. The lowest BCUT2D eigenvalue weighted by Crippen LogP contribution is -2.16. The molecule has 1 N–H and O–H groups in total. The lowest BCUT2D eigenvalue weighted by molar-refractivity contribution is -0.137. The quantitative estimate of drug-likeness (QED) is 0.0724. The topological polar surface area (TPSA) is 47.4 Å². The van der Waals surface area contributed by atoms with Crippen molar-refractivity contribution in [2.45, 2.75) is 181 Å². The maximum atomic E-state index is 13.0. The molecule has 22 rings (SSSR count). The van der Waals surface area contributed by atoms with Gasteiger partial charge >= 0.3 is 6.18 Å². The van der Waals surface area contributed by atoms with Crippen molar-refractivity contribution in [2.24, 2.45) is 0 Å². The van der Waals surface area contributed by atoms with Crippen LogP contribution in [0.25, 0.3) is 38.3 Å². The van der Waals surface area contributed by atoms with Crippen molar-refractivity contribution in [2.75, 3.05) is 83.7 Å². The molecule has 5 aliphatic rings. The zero-order valence-corrected chi connectivity index (χ0v) is 89.2. The lowest BCUT2D eigenvalue weighted by atomic mass is 9.86. The molecule has 16 aromatic carbocycles. The van der Waals surface area contributed by atoms with Crippen LogP contribution in [0.1, 0.15) is 152 Å². The largest absolute Gasteiger partial charge is 0.508 e. The number of fused-ring (bicyclic) bond motifs is 4. The number of nitrogens with zero attached hydrogens (tertiary/aromatic N) is 5. The van der Waals surface area contributed by atoms with E-state index in [-0.39, 0.29) is 10.8 Å². The first-order valence-corrected chi connectivity index (χ1v) is 59.3. The molecule has 144 heavy (non-hydrogen) atoms. The SMILES string of the molecule is CC(C)(C)c1cccc(N(c2ccc([S+]3CCCC3)cc2)c2cccc(C(C)(C)C)c2)c1.CCCOc1cc(N(c2ccccc2)c2ccccc2)ccc1[S+]1CCCC1.Cc1cc(C)c([S+]2CCCC2)cc1N(c1ccccc1)c1ccccc1.Cc1ccc(N(c2ccc([S+]3CCCC3)cc2)c2ccc(C(F)(F)F)cc2)cc1.Oc1ccc2c(c1)c1cc3ccccc3cc1n2-c1ccc([S+]2CCCC2)cc1. The molecule has 17 aromatic rings. The molecule has 0 atom stereocenters. The Hall–Kier alpha value is -12.1. The van der Waals surface area contributed by atoms with Crippen LogP contribution in [-0.4, -0.2) is 73.8 Å². The summed E-state index contributed by atoms with van der Waals surface area (Å²) in [6, 6.07) is 132. The number of anilines is 12. The van der Waals surface area contributed by atoms with Gasteiger partial charge in [-0.15, -0.1) is 0 Å². The van der Waals surface area contributed by atoms with Gasteiger partial charge in [0.1, 0.15) is 63.3 Å². The Balaban J connectivity index is 0.000000119. The van der Waals surface area contributed by atoms with Gasteiger partial charge in [0.2, 0.25) is 0 Å². The average molecular weight is 2010 g/mol. The van der Waals surface area contributed by atoms with Crippen molar-refractivity contribution in [1.29, 1.82) is 0 Å². The zero-order valence-electron chi connectivity index (χ0n) is 85.1. The fourth-order valence-electron chi connectivity index (χ4n) is 20.1. The number of benzene rings is 16. The van der Waals surface area contributed by atoms with Crippen LogP contribution in [0.15, 0.2) is 401 Å². The molecule has 15 heteroatoms. The Labute approximate surface area is 867 Å². The van der Waals surface area contributed by atoms with Gasteiger partial charge in [-0.25, -0.2) is 0 Å². The zero-order chi connectivity index (χ0) is 99.9. The minimum absolute atomic E-state index is 0.113. The number of ether oxygens (including phenoxy) is 1. The molecule has 0 bridgehead atoms. The van der Waals surface area contributed by atoms with Crippen molar-refractivity contribution in [1.82, 2.24) is 4.57 Å². The van der Waals surface area contributed by atoms with Gasteiger partial charge in [0.15, 0.2) is 30.2 Å². The standard InChI is InChI=1S/C30H38NS.C26H21NOS.C25H28NOS.C24H23F3NS.C24H26NS/c1-29(2,3)23-11-9-13-26(21-23)31(27-14-10-12-24(22-27)30(4,5)6)25-15-17-28(18-16-25)32-19-7-8-20-32;28-21-9-12-25-24(17-21)23-15-18-5-1-2-6-19(18)16-26(23)27(25)20-7-10-22(11-8-20)29-13-3-4-14-29;1-2-17-27-24-20-23(15-16-25(24)28-18-9-10-19-28)26(21-11-5-3-6-12-21)22-13-7-4-8-14-22;1-18-4-8-20(9-5-18)28(21-10-6-19(7-11-21)24(25,26)27)22-12-14-23(15-13-22)29-16-2-3-17-29;1-19-17-20(2)24(26-15-9-10-16-26)18-23(19)25(21-11-5-3-6-12-21)22-13-7-4-8-14-22/h9-18,21-22H,7-8,19-20H2,1-6H3;1-2,5-12,15-17H,3-4,13-14H2;3-8,11-16,20H,2,9-10,17-19H2,1H3;4-15H,2-3,16-17H2,1H3;3-8,11-14,17-18H,9-10,15-16H2,1-2H3/q+1;;3*+1/p+1. The number of rotatable bonds is 21. The van der Waals surface area contributed by atoms with Crippen molar-refractivity contribution in [3.63, 3.8) is 0 Å². The number of aromatic hydroxyl groups is 1. The van der Waals surface area contributed by atoms with E-state index in [1.165, 1.54) is 237 Å². The van der Waals surface area contributed by atoms with E-state index < -0.39 is 11.7 Å². The van der Waals surface area contributed by atoms with E-state index in [1.54, 1.807) is 11.0 Å². The molecule has 7 nitrogen and oxygen atoms in total. The molecular formula is C129H137F3N5O2S5+5. The van der Waals surface area contributed by atoms with Gasteiger partial charge < -0.3 is 34.0 Å². The van der Waals surface area contributed by atoms with Crippen molar-refractivity contribution >= 4 is 155 Å². The minimum Gasteiger partial charge on any atom is -0.508 e. The van der Waals surface area contributed by atoms with E-state index in [1.807, 2.05) is 48.2 Å². The van der Waals surface area contributed by atoms with E-state index >= 15 is 0 Å². The molecule has 0 radical (unpaired) electrons. The van der Waals surface area contributed by atoms with Crippen LogP contribution in [0.4, 0.5) is 81.4 Å². The van der Waals surface area contributed by atoms with Crippen LogP contribution in [0, 0.1) is 20.8 Å². The molecule has 0 amide bonds. The Morgan fingerprint density at radius 1 is 0.299 bits per heavy atom. The Kier molecular flexibility index (Phi) is 33.3. The third-order valence-corrected chi connectivity index (χ3v) is 40.5. The van der Waals surface area contributed by atoms with Gasteiger partial charge in [0.25, 0.3) is 0 Å². The maximum Gasteiger partial charge on any atom is 0.416 e. The first kappa shape index (κ1) is 102. The van der Waals surface area contributed by atoms with Crippen molar-refractivity contribution in [3.05, 3.63) is 409 Å². The number of aryl methyl sites for hydroxylation is 3. The summed E-state index contributed by atoms with van der Waals surface area (Å²) in [7, 11) is 1.99. The van der Waals surface area contributed by atoms with Crippen LogP contribution in [0.2, 0.25) is 0 Å². The molecular weight excluding hydrogens is 1870 g/mol. The molecule has 736 valence electrons. The van der Waals surface area contributed by atoms with Crippen LogP contribution < -0.4 is 24.3 Å². The molecule has 6 heterocycles. The molecule has 0 saturated carbocycles. The lowest BCUT2D eigenvalue weighted by Gasteiger charge is -2.29. The number of alkyl halides is 3. The van der Waals surface area contributed by atoms with E-state index in [9.17, 15) is 18.3 Å². The highest BCUT2D eigenvalue weighted by Gasteiger charge is 2.37. The second kappa shape index (κ2) is 47.0. The van der Waals surface area contributed by atoms with Crippen LogP contribution in [0.5, 0.6) is 11.5 Å². The Bertz CT molecular complexity index is 6930. The summed E-state index contributed by atoms with van der Waals surface area (Å²) < 4.78 is 47.5. The smallest absolute Gasteiger partial charge is 0.416 e. The first-order valence-electron chi connectivity index (χ1n) is 51.5. The summed E-state index contributed by atoms with van der Waals surface area (Å²) in [6.45, 7) is 23.2. The summed E-state index contributed by atoms with van der Waals surface area (Å²) in [5.74, 6) is 14.7. The molecule has 0 spiro atoms. The molecule has 5 fully saturated rings. The monoisotopic (exact) mass is 2000 g/mol. The summed E-state index contributed by atoms with van der Waals surface area (Å²) in [4.78, 5) is 16.5. The van der Waals surface area contributed by atoms with Gasteiger partial charge in [-0.3, -0.25) is 0 Å². The third-order valence-electron chi connectivity index (χ3n) is 27.8. The molecule has 0 aliphatic carbocycles. The van der Waals surface area contributed by atoms with E-state index in [4.69, 9.17) is 4.74 Å². The number of hydrogen-bond donors (Lipinski definition) is 1. The number of halogens is 3. The number of phenolic OH excluding ortho intramolecular Hbond substituents is 1. The molecule has 5 aliphatic heterocycles. The van der Waals surface area contributed by atoms with Crippen LogP contribution >= 0.6 is 0 Å². The number of aromatic nitrogens is 1. The highest BCUT2D eigenvalue weighted by atomic mass is 32.2. The average Bonchev–Trinajstić information content (AvgIpc) is 1.58. The van der Waals surface area contributed by atoms with Crippen molar-refractivity contribution < 1.29 is 23.0 Å². The van der Waals surface area contributed by atoms with Gasteiger partial charge in [0.05, 0.1) is 34.6 Å². The van der Waals surface area contributed by atoms with E-state index in [2.05, 4.69) is 391 Å². The minimum atomic E-state index is -4.34. The molecule has 0 unspecified atom stereocenters. The fourth-order valence-corrected chi connectivity index (χ4v) is 32.0. The van der Waals surface area contributed by atoms with Crippen molar-refractivity contribution in [3.8, 4) is 17.2 Å². The highest BCUT2D eigenvalue weighted by Crippen LogP contribution is 2.47. The predicted molar refractivity (Wildman–Crippen MR) is 620 cm³/mol. The number of phenols is 1. The third kappa shape index (κ3) is 24.7. The van der Waals surface area contributed by atoms with Gasteiger partial charge in [-0.05, 0) is 360 Å². The fraction of sp³-hybridized carbons (Fsp3) is 0.271. The highest BCUT2D eigenvalue weighted by molar-refractivity contribution is 7.98. The Morgan fingerprint density at radius 3 is 1.09 bits per heavy atom. The normalized spacial score (nSPS) is 14.8. The number of para-hydroxylation sites is 4. The van der Waals surface area contributed by atoms with Crippen LogP contribution in [-0.2, 0) is 71.5 Å². The molecule has 1 aromatic heterocycles. The first-order chi connectivity index (χ1) is 69.9. The maximum absolute atomic E-state index is 13.0. The Morgan fingerprint density at radius 2 is 0.653 bits per heavy atom. The van der Waals surface area contributed by atoms with Gasteiger partial charge in [-0.1, -0.05) is 187 Å². The van der Waals surface area contributed by atoms with Crippen LogP contribution in [0.3, 0.4) is 0 Å². The summed E-state index contributed by atoms with van der Waals surface area (Å²) in [5.41, 5.74) is 23.2. The summed E-state index contributed by atoms with van der Waals surface area (Å²) in [5, 5.41) is 14.9. The van der Waals surface area contributed by atoms with Gasteiger partial charge in [0, 0.05) is 146 Å². The number of hydrogen-bond acceptors (Lipinski definition) is 6. The predicted octanol–water partition coefficient (Wildman–Crippen LogP) is 35.5. The van der Waals surface area contributed by atoms with E-state index in [0.29, 0.717) is 65.9 Å². The molecule has 5 saturated heterocycles. The second-order valence-electron chi connectivity index (χ2n) is 40.3.